The van der Waals surface area contributed by atoms with Crippen molar-refractivity contribution in [3.05, 3.63) is 72.2 Å². The van der Waals surface area contributed by atoms with Gasteiger partial charge < -0.3 is 10.6 Å². The van der Waals surface area contributed by atoms with Crippen molar-refractivity contribution in [2.45, 2.75) is 26.4 Å². The lowest BCUT2D eigenvalue weighted by Gasteiger charge is -2.12. The summed E-state index contributed by atoms with van der Waals surface area (Å²) in [6.07, 6.45) is 1.70. The van der Waals surface area contributed by atoms with E-state index < -0.39 is 0 Å². The van der Waals surface area contributed by atoms with E-state index >= 15 is 0 Å². The van der Waals surface area contributed by atoms with Crippen LogP contribution < -0.4 is 10.6 Å². The lowest BCUT2D eigenvalue weighted by Crippen LogP contribution is -2.25. The van der Waals surface area contributed by atoms with Crippen molar-refractivity contribution in [3.8, 4) is 11.4 Å². The Kier molecular flexibility index (Phi) is 5.53. The number of anilines is 1. The molecule has 0 unspecified atom stereocenters. The van der Waals surface area contributed by atoms with Gasteiger partial charge in [-0.2, -0.15) is 0 Å². The zero-order valence-corrected chi connectivity index (χ0v) is 14.8. The van der Waals surface area contributed by atoms with Gasteiger partial charge in [-0.3, -0.25) is 9.78 Å². The molecule has 6 nitrogen and oxygen atoms in total. The second-order valence-electron chi connectivity index (χ2n) is 6.13. The summed E-state index contributed by atoms with van der Waals surface area (Å²) in [4.78, 5) is 25.8. The van der Waals surface area contributed by atoms with E-state index in [1.807, 2.05) is 62.4 Å². The molecule has 2 aromatic heterocycles. The molecule has 0 bridgehead atoms. The standard InChI is InChI=1S/C20H21N5O/c1-14(2)23-18-12-17(20(26)22-13-16-10-6-7-11-21-16)24-19(25-18)15-8-4-3-5-9-15/h3-12,14H,13H2,1-2H3,(H,22,26)(H,23,24,25). The molecule has 0 fully saturated rings. The van der Waals surface area contributed by atoms with Gasteiger partial charge in [0.25, 0.3) is 5.91 Å². The third-order valence-corrected chi connectivity index (χ3v) is 3.58. The summed E-state index contributed by atoms with van der Waals surface area (Å²) >= 11 is 0. The van der Waals surface area contributed by atoms with Crippen LogP contribution in [-0.2, 0) is 6.54 Å². The first-order chi connectivity index (χ1) is 12.6. The van der Waals surface area contributed by atoms with Gasteiger partial charge in [0, 0.05) is 23.9 Å². The Labute approximate surface area is 152 Å². The Morgan fingerprint density at radius 1 is 1.04 bits per heavy atom. The maximum absolute atomic E-state index is 12.6. The topological polar surface area (TPSA) is 79.8 Å². The van der Waals surface area contributed by atoms with Crippen LogP contribution in [0.4, 0.5) is 5.82 Å². The smallest absolute Gasteiger partial charge is 0.270 e. The average Bonchev–Trinajstić information content (AvgIpc) is 2.67. The summed E-state index contributed by atoms with van der Waals surface area (Å²) in [5, 5.41) is 6.10. The van der Waals surface area contributed by atoms with Gasteiger partial charge in [-0.25, -0.2) is 9.97 Å². The summed E-state index contributed by atoms with van der Waals surface area (Å²) in [5.74, 6) is 0.873. The highest BCUT2D eigenvalue weighted by Gasteiger charge is 2.13. The highest BCUT2D eigenvalue weighted by molar-refractivity contribution is 5.93. The molecule has 0 aliphatic carbocycles. The highest BCUT2D eigenvalue weighted by Crippen LogP contribution is 2.18. The summed E-state index contributed by atoms with van der Waals surface area (Å²) < 4.78 is 0. The van der Waals surface area contributed by atoms with Crippen LogP contribution in [0.25, 0.3) is 11.4 Å². The van der Waals surface area contributed by atoms with E-state index in [9.17, 15) is 4.79 Å². The lowest BCUT2D eigenvalue weighted by molar-refractivity contribution is 0.0945. The lowest BCUT2D eigenvalue weighted by atomic mass is 10.2. The second-order valence-corrected chi connectivity index (χ2v) is 6.13. The van der Waals surface area contributed by atoms with Crippen LogP contribution in [0.15, 0.2) is 60.8 Å². The number of aromatic nitrogens is 3. The largest absolute Gasteiger partial charge is 0.368 e. The number of hydrogen-bond donors (Lipinski definition) is 2. The van der Waals surface area contributed by atoms with Crippen molar-refractivity contribution in [2.75, 3.05) is 5.32 Å². The minimum atomic E-state index is -0.262. The predicted octanol–water partition coefficient (Wildman–Crippen LogP) is 3.29. The van der Waals surface area contributed by atoms with Gasteiger partial charge in [0.05, 0.1) is 12.2 Å². The Morgan fingerprint density at radius 2 is 1.81 bits per heavy atom. The number of carbonyl (C=O) groups is 1. The van der Waals surface area contributed by atoms with Gasteiger partial charge in [0.2, 0.25) is 0 Å². The van der Waals surface area contributed by atoms with Crippen LogP contribution in [0, 0.1) is 0 Å². The number of benzene rings is 1. The van der Waals surface area contributed by atoms with Gasteiger partial charge in [-0.1, -0.05) is 36.4 Å². The molecular formula is C20H21N5O. The van der Waals surface area contributed by atoms with Crippen molar-refractivity contribution >= 4 is 11.7 Å². The molecule has 132 valence electrons. The third kappa shape index (κ3) is 4.63. The van der Waals surface area contributed by atoms with E-state index in [-0.39, 0.29) is 11.9 Å². The molecule has 1 aromatic carbocycles. The highest BCUT2D eigenvalue weighted by atomic mass is 16.1. The molecule has 3 rings (SSSR count). The normalized spacial score (nSPS) is 10.6. The van der Waals surface area contributed by atoms with E-state index in [0.29, 0.717) is 23.9 Å². The quantitative estimate of drug-likeness (QED) is 0.715. The van der Waals surface area contributed by atoms with Gasteiger partial charge in [-0.15, -0.1) is 0 Å². The fourth-order valence-electron chi connectivity index (χ4n) is 2.41. The molecule has 0 atom stereocenters. The summed E-state index contributed by atoms with van der Waals surface area (Å²) in [5.41, 5.74) is 1.97. The van der Waals surface area contributed by atoms with Crippen LogP contribution in [0.2, 0.25) is 0 Å². The first-order valence-electron chi connectivity index (χ1n) is 8.51. The Balaban J connectivity index is 1.86. The Hall–Kier alpha value is -3.28. The van der Waals surface area contributed by atoms with Crippen molar-refractivity contribution in [1.82, 2.24) is 20.3 Å². The van der Waals surface area contributed by atoms with E-state index in [2.05, 4.69) is 25.6 Å². The molecule has 2 N–H and O–H groups in total. The molecule has 2 heterocycles. The summed E-state index contributed by atoms with van der Waals surface area (Å²) in [7, 11) is 0. The maximum Gasteiger partial charge on any atom is 0.270 e. The van der Waals surface area contributed by atoms with Crippen LogP contribution in [0.3, 0.4) is 0 Å². The maximum atomic E-state index is 12.6. The molecule has 0 radical (unpaired) electrons. The zero-order valence-electron chi connectivity index (χ0n) is 14.8. The van der Waals surface area contributed by atoms with Gasteiger partial charge in [0.15, 0.2) is 5.82 Å². The Morgan fingerprint density at radius 3 is 2.50 bits per heavy atom. The summed E-state index contributed by atoms with van der Waals surface area (Å²) in [6, 6.07) is 17.1. The van der Waals surface area contributed by atoms with Crippen molar-refractivity contribution < 1.29 is 4.79 Å². The third-order valence-electron chi connectivity index (χ3n) is 3.58. The predicted molar refractivity (Wildman–Crippen MR) is 102 cm³/mol. The number of amides is 1. The number of nitrogens with one attached hydrogen (secondary N) is 2. The van der Waals surface area contributed by atoms with E-state index in [1.54, 1.807) is 12.3 Å². The molecule has 6 heteroatoms. The fraction of sp³-hybridized carbons (Fsp3) is 0.200. The molecular weight excluding hydrogens is 326 g/mol. The fourth-order valence-corrected chi connectivity index (χ4v) is 2.41. The van der Waals surface area contributed by atoms with Gasteiger partial charge >= 0.3 is 0 Å². The van der Waals surface area contributed by atoms with Crippen LogP contribution in [0.5, 0.6) is 0 Å². The number of pyridine rings is 1. The second kappa shape index (κ2) is 8.20. The number of carbonyl (C=O) groups excluding carboxylic acids is 1. The average molecular weight is 347 g/mol. The minimum Gasteiger partial charge on any atom is -0.368 e. The monoisotopic (exact) mass is 347 g/mol. The van der Waals surface area contributed by atoms with Gasteiger partial charge in [0.1, 0.15) is 11.5 Å². The van der Waals surface area contributed by atoms with E-state index in [4.69, 9.17) is 0 Å². The minimum absolute atomic E-state index is 0.193. The molecule has 26 heavy (non-hydrogen) atoms. The van der Waals surface area contributed by atoms with Crippen LogP contribution >= 0.6 is 0 Å². The number of hydrogen-bond acceptors (Lipinski definition) is 5. The molecule has 0 saturated heterocycles. The van der Waals surface area contributed by atoms with Gasteiger partial charge in [-0.05, 0) is 26.0 Å². The van der Waals surface area contributed by atoms with Crippen molar-refractivity contribution in [1.29, 1.82) is 0 Å². The van der Waals surface area contributed by atoms with Crippen LogP contribution in [0.1, 0.15) is 30.0 Å². The number of nitrogens with zero attached hydrogens (tertiary/aromatic N) is 3. The number of rotatable bonds is 6. The first kappa shape index (κ1) is 17.5. The molecule has 3 aromatic rings. The molecule has 0 aliphatic rings. The molecule has 1 amide bonds. The summed E-state index contributed by atoms with van der Waals surface area (Å²) in [6.45, 7) is 4.38. The zero-order chi connectivity index (χ0) is 18.4. The molecule has 0 spiro atoms. The van der Waals surface area contributed by atoms with E-state index in [0.717, 1.165) is 11.3 Å². The van der Waals surface area contributed by atoms with Crippen molar-refractivity contribution in [2.24, 2.45) is 0 Å². The molecule has 0 saturated carbocycles. The van der Waals surface area contributed by atoms with Crippen molar-refractivity contribution in [3.63, 3.8) is 0 Å². The molecule has 0 aliphatic heterocycles. The first-order valence-corrected chi connectivity index (χ1v) is 8.51. The van der Waals surface area contributed by atoms with Crippen LogP contribution in [-0.4, -0.2) is 26.9 Å². The van der Waals surface area contributed by atoms with E-state index in [1.165, 1.54) is 0 Å². The Bertz CT molecular complexity index is 866. The SMILES string of the molecule is CC(C)Nc1cc(C(=O)NCc2ccccn2)nc(-c2ccccc2)n1.